The van der Waals surface area contributed by atoms with Crippen molar-refractivity contribution in [2.24, 2.45) is 0 Å². The number of aromatic nitrogens is 2. The molecule has 1 heterocycles. The Morgan fingerprint density at radius 3 is 2.43 bits per heavy atom. The smallest absolute Gasteiger partial charge is 0.417 e. The van der Waals surface area contributed by atoms with E-state index in [4.69, 9.17) is 21.4 Å². The molecule has 0 aliphatic rings. The fourth-order valence-corrected chi connectivity index (χ4v) is 3.45. The first-order chi connectivity index (χ1) is 17.6. The Bertz CT molecular complexity index is 1450. The number of aliphatic hydroxyl groups is 1. The van der Waals surface area contributed by atoms with Gasteiger partial charge >= 0.3 is 12.2 Å². The number of urea groups is 1. The molecule has 0 saturated heterocycles. The number of ether oxygens (including phenoxy) is 1. The van der Waals surface area contributed by atoms with Gasteiger partial charge in [0, 0.05) is 30.1 Å². The predicted molar refractivity (Wildman–Crippen MR) is 131 cm³/mol. The van der Waals surface area contributed by atoms with Crippen LogP contribution in [0.25, 0.3) is 11.0 Å². The Labute approximate surface area is 212 Å². The SMILES string of the molecule is O=C(Nc1ccc(Oc2ccc3ncc(NCCO)nc3c2)c(F)c1)Nc1ccc(Cl)c(C(F)(F)F)c1. The number of carbonyl (C=O) groups excluding carboxylic acids is 1. The molecule has 4 rings (SSSR count). The third-order valence-electron chi connectivity index (χ3n) is 4.88. The summed E-state index contributed by atoms with van der Waals surface area (Å²) in [6.07, 6.45) is -3.18. The van der Waals surface area contributed by atoms with Crippen molar-refractivity contribution in [3.63, 3.8) is 0 Å². The van der Waals surface area contributed by atoms with E-state index in [0.29, 0.717) is 29.5 Å². The van der Waals surface area contributed by atoms with Gasteiger partial charge in [-0.3, -0.25) is 4.98 Å². The number of benzene rings is 3. The van der Waals surface area contributed by atoms with Crippen LogP contribution in [-0.4, -0.2) is 34.3 Å². The van der Waals surface area contributed by atoms with E-state index in [0.717, 1.165) is 12.1 Å². The maximum absolute atomic E-state index is 14.7. The van der Waals surface area contributed by atoms with Gasteiger partial charge in [0.2, 0.25) is 0 Å². The van der Waals surface area contributed by atoms with Crippen molar-refractivity contribution in [3.05, 3.63) is 77.2 Å². The second kappa shape index (κ2) is 10.8. The molecule has 2 amide bonds. The number of nitrogens with zero attached hydrogens (tertiary/aromatic N) is 2. The zero-order valence-electron chi connectivity index (χ0n) is 18.7. The van der Waals surface area contributed by atoms with Gasteiger partial charge < -0.3 is 25.8 Å². The quantitative estimate of drug-likeness (QED) is 0.207. The largest absolute Gasteiger partial charge is 0.454 e. The molecule has 4 N–H and O–H groups in total. The molecule has 8 nitrogen and oxygen atoms in total. The molecule has 0 aliphatic carbocycles. The van der Waals surface area contributed by atoms with Crippen molar-refractivity contribution in [1.82, 2.24) is 9.97 Å². The zero-order chi connectivity index (χ0) is 26.6. The summed E-state index contributed by atoms with van der Waals surface area (Å²) in [4.78, 5) is 20.8. The molecule has 0 spiro atoms. The number of carbonyl (C=O) groups is 1. The molecule has 1 aromatic heterocycles. The third-order valence-corrected chi connectivity index (χ3v) is 5.21. The first-order valence-corrected chi connectivity index (χ1v) is 11.0. The Morgan fingerprint density at radius 2 is 1.73 bits per heavy atom. The molecule has 192 valence electrons. The van der Waals surface area contributed by atoms with Crippen LogP contribution in [0.5, 0.6) is 11.5 Å². The van der Waals surface area contributed by atoms with E-state index in [1.165, 1.54) is 24.4 Å². The average molecular weight is 536 g/mol. The molecule has 0 fully saturated rings. The first-order valence-electron chi connectivity index (χ1n) is 10.7. The highest BCUT2D eigenvalue weighted by Crippen LogP contribution is 2.36. The van der Waals surface area contributed by atoms with Gasteiger partial charge in [-0.15, -0.1) is 0 Å². The highest BCUT2D eigenvalue weighted by molar-refractivity contribution is 6.31. The summed E-state index contributed by atoms with van der Waals surface area (Å²) in [6.45, 7) is 0.225. The van der Waals surface area contributed by atoms with Crippen molar-refractivity contribution in [2.75, 3.05) is 29.1 Å². The molecule has 0 radical (unpaired) electrons. The third kappa shape index (κ3) is 6.54. The minimum Gasteiger partial charge on any atom is -0.454 e. The molecule has 4 aromatic rings. The monoisotopic (exact) mass is 535 g/mol. The number of halogens is 5. The van der Waals surface area contributed by atoms with E-state index in [-0.39, 0.29) is 29.5 Å². The van der Waals surface area contributed by atoms with Crippen molar-refractivity contribution in [3.8, 4) is 11.5 Å². The van der Waals surface area contributed by atoms with E-state index in [2.05, 4.69) is 25.9 Å². The summed E-state index contributed by atoms with van der Waals surface area (Å²) >= 11 is 5.57. The normalized spacial score (nSPS) is 11.3. The van der Waals surface area contributed by atoms with Crippen molar-refractivity contribution in [1.29, 1.82) is 0 Å². The summed E-state index contributed by atoms with van der Waals surface area (Å²) in [5.41, 5.74) is -0.153. The molecule has 0 saturated carbocycles. The number of fused-ring (bicyclic) bond motifs is 1. The Kier molecular flexibility index (Phi) is 7.60. The molecule has 13 heteroatoms. The number of hydrogen-bond acceptors (Lipinski definition) is 6. The van der Waals surface area contributed by atoms with Crippen LogP contribution in [0.3, 0.4) is 0 Å². The molecular weight excluding hydrogens is 518 g/mol. The fourth-order valence-electron chi connectivity index (χ4n) is 3.23. The maximum Gasteiger partial charge on any atom is 0.417 e. The predicted octanol–water partition coefficient (Wildman–Crippen LogP) is 6.28. The van der Waals surface area contributed by atoms with Crippen molar-refractivity contribution >= 4 is 45.9 Å². The summed E-state index contributed by atoms with van der Waals surface area (Å²) in [6, 6.07) is 10.4. The second-order valence-electron chi connectivity index (χ2n) is 7.57. The van der Waals surface area contributed by atoms with E-state index in [1.54, 1.807) is 18.2 Å². The molecular formula is C24H18ClF4N5O3. The average Bonchev–Trinajstić information content (AvgIpc) is 2.84. The van der Waals surface area contributed by atoms with Crippen LogP contribution >= 0.6 is 11.6 Å². The maximum atomic E-state index is 14.7. The Balaban J connectivity index is 1.43. The highest BCUT2D eigenvalue weighted by Gasteiger charge is 2.33. The van der Waals surface area contributed by atoms with Gasteiger partial charge in [0.1, 0.15) is 11.6 Å². The van der Waals surface area contributed by atoms with Crippen LogP contribution in [0.1, 0.15) is 5.56 Å². The molecule has 0 bridgehead atoms. The van der Waals surface area contributed by atoms with Crippen LogP contribution < -0.4 is 20.7 Å². The summed E-state index contributed by atoms with van der Waals surface area (Å²) in [5, 5.41) is 15.9. The lowest BCUT2D eigenvalue weighted by molar-refractivity contribution is -0.137. The van der Waals surface area contributed by atoms with Gasteiger partial charge in [-0.05, 0) is 42.5 Å². The Morgan fingerprint density at radius 1 is 1.00 bits per heavy atom. The lowest BCUT2D eigenvalue weighted by Crippen LogP contribution is -2.20. The van der Waals surface area contributed by atoms with Gasteiger partial charge in [0.15, 0.2) is 11.6 Å². The standard InChI is InChI=1S/C24H18ClF4N5O3/c25-17-4-1-13(9-16(17)24(27,28)29)32-23(36)33-14-2-6-21(18(26)10-14)37-15-3-5-19-20(11-15)34-22(12-31-19)30-7-8-35/h1-6,9-12,35H,7-8H2,(H,30,34)(H2,32,33,36). The highest BCUT2D eigenvalue weighted by atomic mass is 35.5. The van der Waals surface area contributed by atoms with Crippen LogP contribution in [0, 0.1) is 5.82 Å². The number of amides is 2. The van der Waals surface area contributed by atoms with E-state index in [9.17, 15) is 22.4 Å². The van der Waals surface area contributed by atoms with Crippen LogP contribution in [-0.2, 0) is 6.18 Å². The number of hydrogen-bond donors (Lipinski definition) is 4. The minimum absolute atomic E-state index is 0.0383. The zero-order valence-corrected chi connectivity index (χ0v) is 19.5. The number of nitrogens with one attached hydrogen (secondary N) is 3. The van der Waals surface area contributed by atoms with Crippen LogP contribution in [0.15, 0.2) is 60.8 Å². The molecule has 0 atom stereocenters. The van der Waals surface area contributed by atoms with Gasteiger partial charge in [-0.1, -0.05) is 11.6 Å². The fraction of sp³-hybridized carbons (Fsp3) is 0.125. The summed E-state index contributed by atoms with van der Waals surface area (Å²) < 4.78 is 59.3. The van der Waals surface area contributed by atoms with E-state index in [1.807, 2.05) is 0 Å². The number of alkyl halides is 3. The van der Waals surface area contributed by atoms with Gasteiger partial charge in [-0.25, -0.2) is 14.2 Å². The Hall–Kier alpha value is -4.16. The van der Waals surface area contributed by atoms with Crippen LogP contribution in [0.4, 0.5) is 39.5 Å². The van der Waals surface area contributed by atoms with Crippen LogP contribution in [0.2, 0.25) is 5.02 Å². The number of rotatable bonds is 7. The number of anilines is 3. The lowest BCUT2D eigenvalue weighted by Gasteiger charge is -2.13. The molecule has 3 aromatic carbocycles. The molecule has 37 heavy (non-hydrogen) atoms. The summed E-state index contributed by atoms with van der Waals surface area (Å²) in [7, 11) is 0. The van der Waals surface area contributed by atoms with Crippen molar-refractivity contribution in [2.45, 2.75) is 6.18 Å². The lowest BCUT2D eigenvalue weighted by atomic mass is 10.2. The van der Waals surface area contributed by atoms with E-state index < -0.39 is 28.6 Å². The van der Waals surface area contributed by atoms with E-state index >= 15 is 0 Å². The van der Waals surface area contributed by atoms with Gasteiger partial charge in [0.25, 0.3) is 0 Å². The van der Waals surface area contributed by atoms with Crippen molar-refractivity contribution < 1.29 is 32.2 Å². The topological polar surface area (TPSA) is 108 Å². The first kappa shape index (κ1) is 25.9. The number of aliphatic hydroxyl groups excluding tert-OH is 1. The second-order valence-corrected chi connectivity index (χ2v) is 7.98. The van der Waals surface area contributed by atoms with Gasteiger partial charge in [0.05, 0.1) is 34.4 Å². The summed E-state index contributed by atoms with van der Waals surface area (Å²) in [5.74, 6) is -0.206. The minimum atomic E-state index is -4.69. The molecule has 0 unspecified atom stereocenters. The molecule has 0 aliphatic heterocycles. The van der Waals surface area contributed by atoms with Gasteiger partial charge in [-0.2, -0.15) is 13.2 Å².